The smallest absolute Gasteiger partial charge is 0.280 e. The first-order valence-electron chi connectivity index (χ1n) is 5.11. The molecule has 0 aromatic heterocycles. The van der Waals surface area contributed by atoms with Gasteiger partial charge in [-0.05, 0) is 25.0 Å². The topological polar surface area (TPSA) is 69.4 Å². The van der Waals surface area contributed by atoms with Crippen molar-refractivity contribution in [3.63, 3.8) is 0 Å². The summed E-state index contributed by atoms with van der Waals surface area (Å²) in [7, 11) is 0. The molecule has 17 heavy (non-hydrogen) atoms. The summed E-state index contributed by atoms with van der Waals surface area (Å²) in [5, 5.41) is 11.5. The number of hydrogen-bond acceptors (Lipinski definition) is 4. The lowest BCUT2D eigenvalue weighted by atomic mass is 10.2. The molecule has 0 aliphatic carbocycles. The van der Waals surface area contributed by atoms with Gasteiger partial charge in [-0.3, -0.25) is 14.9 Å². The summed E-state index contributed by atoms with van der Waals surface area (Å²) in [4.78, 5) is 20.7. The highest BCUT2D eigenvalue weighted by Crippen LogP contribution is 2.22. The average molecular weight is 302 g/mol. The van der Waals surface area contributed by atoms with E-state index in [4.69, 9.17) is 4.74 Å². The number of carbonyl (C=O) groups is 1. The van der Waals surface area contributed by atoms with E-state index in [2.05, 4.69) is 15.9 Å². The predicted octanol–water partition coefficient (Wildman–Crippen LogP) is 2.96. The molecule has 1 aromatic rings. The van der Waals surface area contributed by atoms with E-state index in [0.717, 1.165) is 18.2 Å². The number of alkyl halides is 1. The Hall–Kier alpha value is -1.43. The Kier molecular flexibility index (Phi) is 5.62. The van der Waals surface area contributed by atoms with Gasteiger partial charge in [0.15, 0.2) is 6.29 Å². The number of nitro benzene ring substituents is 1. The van der Waals surface area contributed by atoms with Crippen molar-refractivity contribution in [2.45, 2.75) is 12.8 Å². The van der Waals surface area contributed by atoms with E-state index in [-0.39, 0.29) is 11.3 Å². The quantitative estimate of drug-likeness (QED) is 0.255. The van der Waals surface area contributed by atoms with Crippen LogP contribution >= 0.6 is 15.9 Å². The second-order valence-corrected chi connectivity index (χ2v) is 4.13. The van der Waals surface area contributed by atoms with Gasteiger partial charge < -0.3 is 4.74 Å². The Bertz CT molecular complexity index is 408. The Morgan fingerprint density at radius 2 is 2.18 bits per heavy atom. The van der Waals surface area contributed by atoms with Crippen LogP contribution in [-0.4, -0.2) is 23.1 Å². The summed E-state index contributed by atoms with van der Waals surface area (Å²) in [5.74, 6) is 0.479. The molecule has 5 nitrogen and oxygen atoms in total. The molecule has 0 saturated carbocycles. The molecule has 0 amide bonds. The van der Waals surface area contributed by atoms with Crippen molar-refractivity contribution >= 4 is 27.9 Å². The summed E-state index contributed by atoms with van der Waals surface area (Å²) in [5.41, 5.74) is -0.166. The Morgan fingerprint density at radius 1 is 1.41 bits per heavy atom. The normalized spacial score (nSPS) is 9.94. The lowest BCUT2D eigenvalue weighted by molar-refractivity contribution is -0.385. The first kappa shape index (κ1) is 13.6. The molecule has 6 heteroatoms. The summed E-state index contributed by atoms with van der Waals surface area (Å²) < 4.78 is 5.38. The molecule has 0 aliphatic rings. The van der Waals surface area contributed by atoms with Gasteiger partial charge in [-0.1, -0.05) is 15.9 Å². The van der Waals surface area contributed by atoms with E-state index in [0.29, 0.717) is 18.6 Å². The van der Waals surface area contributed by atoms with Crippen LogP contribution in [0.5, 0.6) is 5.75 Å². The molecule has 0 heterocycles. The van der Waals surface area contributed by atoms with Crippen LogP contribution in [0.25, 0.3) is 0 Å². The van der Waals surface area contributed by atoms with E-state index in [9.17, 15) is 14.9 Å². The maximum absolute atomic E-state index is 10.7. The SMILES string of the molecule is O=Cc1cc(OCCCCBr)ccc1[N+](=O)[O-]. The number of aldehydes is 1. The molecule has 0 bridgehead atoms. The first-order chi connectivity index (χ1) is 8.19. The van der Waals surface area contributed by atoms with Crippen molar-refractivity contribution in [1.82, 2.24) is 0 Å². The van der Waals surface area contributed by atoms with Crippen molar-refractivity contribution < 1.29 is 14.5 Å². The van der Waals surface area contributed by atoms with Crippen LogP contribution < -0.4 is 4.74 Å². The summed E-state index contributed by atoms with van der Waals surface area (Å²) in [6.07, 6.45) is 2.34. The second kappa shape index (κ2) is 7.01. The summed E-state index contributed by atoms with van der Waals surface area (Å²) >= 11 is 3.31. The van der Waals surface area contributed by atoms with Gasteiger partial charge >= 0.3 is 0 Å². The fraction of sp³-hybridized carbons (Fsp3) is 0.364. The molecule has 0 spiro atoms. The van der Waals surface area contributed by atoms with E-state index in [1.807, 2.05) is 0 Å². The summed E-state index contributed by atoms with van der Waals surface area (Å²) in [6, 6.07) is 4.17. The van der Waals surface area contributed by atoms with Crippen LogP contribution in [0.4, 0.5) is 5.69 Å². The first-order valence-corrected chi connectivity index (χ1v) is 6.23. The monoisotopic (exact) mass is 301 g/mol. The molecule has 0 aliphatic heterocycles. The molecule has 0 fully saturated rings. The zero-order chi connectivity index (χ0) is 12.7. The highest BCUT2D eigenvalue weighted by molar-refractivity contribution is 9.09. The number of unbranched alkanes of at least 4 members (excludes halogenated alkanes) is 1. The Morgan fingerprint density at radius 3 is 2.76 bits per heavy atom. The fourth-order valence-electron chi connectivity index (χ4n) is 1.27. The maximum Gasteiger partial charge on any atom is 0.280 e. The minimum absolute atomic E-state index is 0.0352. The lowest BCUT2D eigenvalue weighted by Crippen LogP contribution is -2.00. The van der Waals surface area contributed by atoms with Gasteiger partial charge in [0.1, 0.15) is 5.75 Å². The molecule has 0 N–H and O–H groups in total. The number of nitrogens with zero attached hydrogens (tertiary/aromatic N) is 1. The zero-order valence-corrected chi connectivity index (χ0v) is 10.7. The van der Waals surface area contributed by atoms with E-state index >= 15 is 0 Å². The van der Waals surface area contributed by atoms with Crippen molar-refractivity contribution in [1.29, 1.82) is 0 Å². The third-order valence-corrected chi connectivity index (χ3v) is 2.68. The highest BCUT2D eigenvalue weighted by Gasteiger charge is 2.13. The third kappa shape index (κ3) is 4.14. The number of ether oxygens (including phenoxy) is 1. The molecular formula is C11H12BrNO4. The number of rotatable bonds is 7. The Balaban J connectivity index is 2.69. The number of benzene rings is 1. The fourth-order valence-corrected chi connectivity index (χ4v) is 1.67. The predicted molar refractivity (Wildman–Crippen MR) is 67.0 cm³/mol. The van der Waals surface area contributed by atoms with Crippen LogP contribution in [0.3, 0.4) is 0 Å². The van der Waals surface area contributed by atoms with Crippen LogP contribution in [0.15, 0.2) is 18.2 Å². The molecule has 0 radical (unpaired) electrons. The van der Waals surface area contributed by atoms with E-state index in [1.54, 1.807) is 0 Å². The van der Waals surface area contributed by atoms with Crippen LogP contribution in [0.2, 0.25) is 0 Å². The van der Waals surface area contributed by atoms with Crippen molar-refractivity contribution in [2.24, 2.45) is 0 Å². The lowest BCUT2D eigenvalue weighted by Gasteiger charge is -2.05. The average Bonchev–Trinajstić information content (AvgIpc) is 2.34. The molecule has 0 atom stereocenters. The van der Waals surface area contributed by atoms with Gasteiger partial charge in [-0.15, -0.1) is 0 Å². The zero-order valence-electron chi connectivity index (χ0n) is 9.10. The molecule has 1 rings (SSSR count). The van der Waals surface area contributed by atoms with Crippen molar-refractivity contribution in [3.05, 3.63) is 33.9 Å². The van der Waals surface area contributed by atoms with Crippen LogP contribution in [0.1, 0.15) is 23.2 Å². The maximum atomic E-state index is 10.7. The number of halogens is 1. The van der Waals surface area contributed by atoms with Gasteiger partial charge in [0, 0.05) is 11.4 Å². The van der Waals surface area contributed by atoms with Crippen LogP contribution in [-0.2, 0) is 0 Å². The van der Waals surface area contributed by atoms with Crippen LogP contribution in [0, 0.1) is 10.1 Å². The van der Waals surface area contributed by atoms with Crippen molar-refractivity contribution in [2.75, 3.05) is 11.9 Å². The van der Waals surface area contributed by atoms with Crippen molar-refractivity contribution in [3.8, 4) is 5.75 Å². The van der Waals surface area contributed by atoms with Gasteiger partial charge in [-0.2, -0.15) is 0 Å². The summed E-state index contributed by atoms with van der Waals surface area (Å²) in [6.45, 7) is 0.529. The standard InChI is InChI=1S/C11H12BrNO4/c12-5-1-2-6-17-10-3-4-11(13(15)16)9(7-10)8-14/h3-4,7-8H,1-2,5-6H2. The number of nitro groups is 1. The van der Waals surface area contributed by atoms with E-state index < -0.39 is 4.92 Å². The Labute approximate surface area is 107 Å². The molecule has 0 saturated heterocycles. The molecular weight excluding hydrogens is 290 g/mol. The number of carbonyl (C=O) groups excluding carboxylic acids is 1. The molecule has 0 unspecified atom stereocenters. The van der Waals surface area contributed by atoms with Gasteiger partial charge in [0.2, 0.25) is 0 Å². The molecule has 1 aromatic carbocycles. The van der Waals surface area contributed by atoms with Gasteiger partial charge in [0.05, 0.1) is 17.1 Å². The minimum atomic E-state index is -0.585. The van der Waals surface area contributed by atoms with E-state index in [1.165, 1.54) is 18.2 Å². The number of hydrogen-bond donors (Lipinski definition) is 0. The second-order valence-electron chi connectivity index (χ2n) is 3.34. The largest absolute Gasteiger partial charge is 0.494 e. The molecule has 92 valence electrons. The third-order valence-electron chi connectivity index (χ3n) is 2.12. The van der Waals surface area contributed by atoms with Gasteiger partial charge in [-0.25, -0.2) is 0 Å². The highest BCUT2D eigenvalue weighted by atomic mass is 79.9. The van der Waals surface area contributed by atoms with Gasteiger partial charge in [0.25, 0.3) is 5.69 Å². The minimum Gasteiger partial charge on any atom is -0.494 e.